The monoisotopic (exact) mass is 423 g/mol. The molecule has 0 saturated heterocycles. The molecule has 0 fully saturated rings. The highest BCUT2D eigenvalue weighted by Gasteiger charge is 2.07. The third kappa shape index (κ3) is 5.29. The lowest BCUT2D eigenvalue weighted by Crippen LogP contribution is -2.11. The van der Waals surface area contributed by atoms with Crippen LogP contribution in [0.25, 0.3) is 11.1 Å². The summed E-state index contributed by atoms with van der Waals surface area (Å²) in [6.45, 7) is 4.67. The number of aryl methyl sites for hydroxylation is 1. The molecule has 6 nitrogen and oxygen atoms in total. The van der Waals surface area contributed by atoms with Crippen molar-refractivity contribution >= 4 is 28.9 Å². The first kappa shape index (κ1) is 21.1. The summed E-state index contributed by atoms with van der Waals surface area (Å²) in [6, 6.07) is 27.1. The second-order valence-corrected chi connectivity index (χ2v) is 7.32. The van der Waals surface area contributed by atoms with Crippen LogP contribution in [0, 0.1) is 6.92 Å². The van der Waals surface area contributed by atoms with E-state index in [0.29, 0.717) is 17.2 Å². The van der Waals surface area contributed by atoms with Gasteiger partial charge in [-0.05, 0) is 61.4 Å². The molecule has 0 radical (unpaired) electrons. The number of nitrogens with zero attached hydrogens (tertiary/aromatic N) is 2. The van der Waals surface area contributed by atoms with Crippen molar-refractivity contribution in [3.63, 3.8) is 0 Å². The van der Waals surface area contributed by atoms with Crippen LogP contribution in [0.5, 0.6) is 0 Å². The summed E-state index contributed by atoms with van der Waals surface area (Å²) in [4.78, 5) is 21.4. The van der Waals surface area contributed by atoms with Crippen molar-refractivity contribution in [2.24, 2.45) is 0 Å². The third-order valence-electron chi connectivity index (χ3n) is 4.87. The number of nitrogens with one attached hydrogen (secondary N) is 3. The molecule has 0 bridgehead atoms. The van der Waals surface area contributed by atoms with E-state index in [1.165, 1.54) is 0 Å². The Hall–Kier alpha value is -4.19. The highest BCUT2D eigenvalue weighted by Crippen LogP contribution is 2.22. The maximum atomic E-state index is 12.6. The minimum atomic E-state index is -0.146. The number of carbonyl (C=O) groups excluding carboxylic acids is 1. The number of rotatable bonds is 7. The molecule has 1 heterocycles. The van der Waals surface area contributed by atoms with Crippen LogP contribution in [0.4, 0.5) is 23.0 Å². The number of aromatic nitrogens is 2. The molecule has 0 aliphatic rings. The van der Waals surface area contributed by atoms with Crippen LogP contribution in [0.1, 0.15) is 23.1 Å². The number of anilines is 4. The van der Waals surface area contributed by atoms with E-state index in [-0.39, 0.29) is 5.91 Å². The molecule has 4 aromatic rings. The summed E-state index contributed by atoms with van der Waals surface area (Å²) >= 11 is 0. The Morgan fingerprint density at radius 3 is 2.09 bits per heavy atom. The van der Waals surface area contributed by atoms with E-state index in [1.54, 1.807) is 0 Å². The van der Waals surface area contributed by atoms with Crippen LogP contribution >= 0.6 is 0 Å². The van der Waals surface area contributed by atoms with Crippen LogP contribution < -0.4 is 16.0 Å². The first-order valence-corrected chi connectivity index (χ1v) is 10.5. The molecule has 0 aliphatic carbocycles. The number of benzene rings is 3. The SMILES string of the molecule is CCNc1cc(Nc2ccc(NC(=O)c3ccc(-c4ccccc4)cc3)cc2)nc(C)n1. The highest BCUT2D eigenvalue weighted by atomic mass is 16.1. The zero-order valence-electron chi connectivity index (χ0n) is 18.1. The van der Waals surface area contributed by atoms with Crippen LogP contribution in [0.3, 0.4) is 0 Å². The van der Waals surface area contributed by atoms with Gasteiger partial charge in [0.15, 0.2) is 0 Å². The smallest absolute Gasteiger partial charge is 0.255 e. The number of carbonyl (C=O) groups is 1. The second kappa shape index (κ2) is 9.75. The van der Waals surface area contributed by atoms with Gasteiger partial charge in [0.1, 0.15) is 17.5 Å². The maximum absolute atomic E-state index is 12.6. The molecular formula is C26H25N5O. The van der Waals surface area contributed by atoms with Crippen LogP contribution in [-0.4, -0.2) is 22.4 Å². The van der Waals surface area contributed by atoms with E-state index < -0.39 is 0 Å². The van der Waals surface area contributed by atoms with E-state index in [4.69, 9.17) is 0 Å². The third-order valence-corrected chi connectivity index (χ3v) is 4.87. The number of hydrogen-bond donors (Lipinski definition) is 3. The van der Waals surface area contributed by atoms with Gasteiger partial charge in [-0.25, -0.2) is 9.97 Å². The molecule has 0 atom stereocenters. The van der Waals surface area contributed by atoms with Gasteiger partial charge >= 0.3 is 0 Å². The van der Waals surface area contributed by atoms with E-state index >= 15 is 0 Å². The molecule has 1 aromatic heterocycles. The molecule has 6 heteroatoms. The zero-order chi connectivity index (χ0) is 22.3. The van der Waals surface area contributed by atoms with Crippen molar-refractivity contribution in [2.75, 3.05) is 22.5 Å². The topological polar surface area (TPSA) is 78.9 Å². The lowest BCUT2D eigenvalue weighted by molar-refractivity contribution is 0.102. The molecule has 32 heavy (non-hydrogen) atoms. The maximum Gasteiger partial charge on any atom is 0.255 e. The lowest BCUT2D eigenvalue weighted by Gasteiger charge is -2.10. The summed E-state index contributed by atoms with van der Waals surface area (Å²) in [5.41, 5.74) is 4.41. The summed E-state index contributed by atoms with van der Waals surface area (Å²) in [5.74, 6) is 2.04. The van der Waals surface area contributed by atoms with E-state index in [9.17, 15) is 4.79 Å². The predicted octanol–water partition coefficient (Wildman–Crippen LogP) is 5.88. The number of amides is 1. The van der Waals surface area contributed by atoms with Gasteiger partial charge in [0, 0.05) is 29.5 Å². The summed E-state index contributed by atoms with van der Waals surface area (Å²) < 4.78 is 0. The van der Waals surface area contributed by atoms with Gasteiger partial charge in [-0.2, -0.15) is 0 Å². The van der Waals surface area contributed by atoms with Crippen molar-refractivity contribution in [1.82, 2.24) is 9.97 Å². The second-order valence-electron chi connectivity index (χ2n) is 7.32. The van der Waals surface area contributed by atoms with Crippen molar-refractivity contribution < 1.29 is 4.79 Å². The fourth-order valence-electron chi connectivity index (χ4n) is 3.34. The largest absolute Gasteiger partial charge is 0.370 e. The van der Waals surface area contributed by atoms with E-state index in [0.717, 1.165) is 34.9 Å². The Labute approximate surface area is 187 Å². The van der Waals surface area contributed by atoms with Crippen LogP contribution in [-0.2, 0) is 0 Å². The average Bonchev–Trinajstić information content (AvgIpc) is 2.81. The summed E-state index contributed by atoms with van der Waals surface area (Å²) in [7, 11) is 0. The Morgan fingerprint density at radius 1 is 0.781 bits per heavy atom. The van der Waals surface area contributed by atoms with Crippen molar-refractivity contribution in [1.29, 1.82) is 0 Å². The van der Waals surface area contributed by atoms with Gasteiger partial charge in [0.2, 0.25) is 0 Å². The molecule has 0 saturated carbocycles. The molecule has 0 aliphatic heterocycles. The summed E-state index contributed by atoms with van der Waals surface area (Å²) in [5, 5.41) is 9.41. The van der Waals surface area contributed by atoms with Gasteiger partial charge in [0.25, 0.3) is 5.91 Å². The molecule has 3 aromatic carbocycles. The lowest BCUT2D eigenvalue weighted by atomic mass is 10.0. The van der Waals surface area contributed by atoms with Gasteiger partial charge in [-0.3, -0.25) is 4.79 Å². The van der Waals surface area contributed by atoms with Crippen molar-refractivity contribution in [3.8, 4) is 11.1 Å². The first-order valence-electron chi connectivity index (χ1n) is 10.5. The Balaban J connectivity index is 1.40. The number of hydrogen-bond acceptors (Lipinski definition) is 5. The summed E-state index contributed by atoms with van der Waals surface area (Å²) in [6.07, 6.45) is 0. The molecule has 4 rings (SSSR count). The zero-order valence-corrected chi connectivity index (χ0v) is 18.1. The fourth-order valence-corrected chi connectivity index (χ4v) is 3.34. The molecule has 1 amide bonds. The predicted molar refractivity (Wildman–Crippen MR) is 130 cm³/mol. The van der Waals surface area contributed by atoms with Crippen molar-refractivity contribution in [3.05, 3.63) is 96.3 Å². The Kier molecular flexibility index (Phi) is 6.41. The standard InChI is InChI=1S/C26H25N5O/c1-3-27-24-17-25(29-18(2)28-24)30-22-13-15-23(16-14-22)31-26(32)21-11-9-20(10-12-21)19-7-5-4-6-8-19/h4-17H,3H2,1-2H3,(H,31,32)(H2,27,28,29,30). The average molecular weight is 424 g/mol. The highest BCUT2D eigenvalue weighted by molar-refractivity contribution is 6.04. The molecule has 0 unspecified atom stereocenters. The van der Waals surface area contributed by atoms with E-state index in [2.05, 4.69) is 38.1 Å². The fraction of sp³-hybridized carbons (Fsp3) is 0.115. The van der Waals surface area contributed by atoms with Crippen LogP contribution in [0.15, 0.2) is 84.9 Å². The minimum Gasteiger partial charge on any atom is -0.370 e. The molecule has 0 spiro atoms. The quantitative estimate of drug-likeness (QED) is 0.346. The Bertz CT molecular complexity index is 1190. The van der Waals surface area contributed by atoms with Gasteiger partial charge in [-0.1, -0.05) is 42.5 Å². The van der Waals surface area contributed by atoms with Crippen molar-refractivity contribution in [2.45, 2.75) is 13.8 Å². The molecular weight excluding hydrogens is 398 g/mol. The van der Waals surface area contributed by atoms with E-state index in [1.807, 2.05) is 86.6 Å². The van der Waals surface area contributed by atoms with Crippen LogP contribution in [0.2, 0.25) is 0 Å². The minimum absolute atomic E-state index is 0.146. The molecule has 3 N–H and O–H groups in total. The first-order chi connectivity index (χ1) is 15.6. The van der Waals surface area contributed by atoms with Gasteiger partial charge in [-0.15, -0.1) is 0 Å². The van der Waals surface area contributed by atoms with Gasteiger partial charge < -0.3 is 16.0 Å². The van der Waals surface area contributed by atoms with Gasteiger partial charge in [0.05, 0.1) is 0 Å². The Morgan fingerprint density at radius 2 is 1.41 bits per heavy atom. The normalized spacial score (nSPS) is 10.4. The molecule has 160 valence electrons.